The Bertz CT molecular complexity index is 1510. The van der Waals surface area contributed by atoms with Gasteiger partial charge in [-0.05, 0) is 91.1 Å². The van der Waals surface area contributed by atoms with Gasteiger partial charge in [0, 0.05) is 30.2 Å². The van der Waals surface area contributed by atoms with Gasteiger partial charge in [0.25, 0.3) is 0 Å². The SMILES string of the molecule is N#Cc1ccc2c(c1)CN(S(=O)(=O)c1ccc(N)cc1)C(Cc1ccccc1)C[C@H]2CCCc1cnc[nH]1. The Labute approximate surface area is 224 Å². The Balaban J connectivity index is 1.54. The number of nitriles is 1. The van der Waals surface area contributed by atoms with Crippen molar-refractivity contribution in [2.75, 3.05) is 5.73 Å². The Morgan fingerprint density at radius 1 is 1.08 bits per heavy atom. The molecule has 0 fully saturated rings. The van der Waals surface area contributed by atoms with E-state index < -0.39 is 10.0 Å². The van der Waals surface area contributed by atoms with Crippen LogP contribution < -0.4 is 5.73 Å². The number of aromatic nitrogens is 2. The van der Waals surface area contributed by atoms with E-state index in [4.69, 9.17) is 5.73 Å². The Kier molecular flexibility index (Phi) is 7.59. The minimum absolute atomic E-state index is 0.154. The van der Waals surface area contributed by atoms with Crippen LogP contribution in [0.15, 0.2) is 90.2 Å². The monoisotopic (exact) mass is 525 g/mol. The van der Waals surface area contributed by atoms with E-state index in [1.54, 1.807) is 34.9 Å². The molecule has 8 heteroatoms. The summed E-state index contributed by atoms with van der Waals surface area (Å²) in [7, 11) is -3.83. The largest absolute Gasteiger partial charge is 0.399 e. The maximum atomic E-state index is 14.1. The maximum absolute atomic E-state index is 14.1. The van der Waals surface area contributed by atoms with Crippen LogP contribution >= 0.6 is 0 Å². The van der Waals surface area contributed by atoms with Crippen LogP contribution in [0.4, 0.5) is 5.69 Å². The first-order chi connectivity index (χ1) is 18.4. The van der Waals surface area contributed by atoms with Gasteiger partial charge in [-0.25, -0.2) is 13.4 Å². The average molecular weight is 526 g/mol. The van der Waals surface area contributed by atoms with Crippen molar-refractivity contribution in [3.63, 3.8) is 0 Å². The van der Waals surface area contributed by atoms with Crippen molar-refractivity contribution < 1.29 is 8.42 Å². The van der Waals surface area contributed by atoms with E-state index >= 15 is 0 Å². The zero-order valence-corrected chi connectivity index (χ0v) is 21.9. The molecule has 3 aromatic carbocycles. The van der Waals surface area contributed by atoms with Crippen molar-refractivity contribution in [2.45, 2.75) is 55.5 Å². The number of hydrogen-bond acceptors (Lipinski definition) is 5. The van der Waals surface area contributed by atoms with Crippen LogP contribution in [-0.4, -0.2) is 28.7 Å². The quantitative estimate of drug-likeness (QED) is 0.308. The number of rotatable bonds is 8. The molecule has 5 rings (SSSR count). The van der Waals surface area contributed by atoms with Gasteiger partial charge >= 0.3 is 0 Å². The summed E-state index contributed by atoms with van der Waals surface area (Å²) in [5.41, 5.74) is 11.1. The number of benzene rings is 3. The van der Waals surface area contributed by atoms with E-state index in [2.05, 4.69) is 16.0 Å². The number of anilines is 1. The molecule has 0 bridgehead atoms. The highest BCUT2D eigenvalue weighted by Gasteiger charge is 2.37. The zero-order valence-electron chi connectivity index (χ0n) is 21.1. The van der Waals surface area contributed by atoms with Gasteiger partial charge in [0.15, 0.2) is 0 Å². The second-order valence-corrected chi connectivity index (χ2v) is 11.8. The number of hydrogen-bond donors (Lipinski definition) is 2. The molecular weight excluding hydrogens is 494 g/mol. The van der Waals surface area contributed by atoms with E-state index in [0.29, 0.717) is 24.1 Å². The smallest absolute Gasteiger partial charge is 0.243 e. The molecule has 0 saturated heterocycles. The lowest BCUT2D eigenvalue weighted by molar-refractivity contribution is 0.290. The molecule has 0 spiro atoms. The Morgan fingerprint density at radius 2 is 1.87 bits per heavy atom. The normalized spacial score (nSPS) is 17.9. The molecule has 0 radical (unpaired) electrons. The van der Waals surface area contributed by atoms with E-state index in [-0.39, 0.29) is 23.4 Å². The topological polar surface area (TPSA) is 116 Å². The van der Waals surface area contributed by atoms with E-state index in [0.717, 1.165) is 41.6 Å². The van der Waals surface area contributed by atoms with Gasteiger partial charge in [0.1, 0.15) is 0 Å². The molecule has 38 heavy (non-hydrogen) atoms. The summed E-state index contributed by atoms with van der Waals surface area (Å²) in [6.07, 6.45) is 7.54. The number of nitrogen functional groups attached to an aromatic ring is 1. The van der Waals surface area contributed by atoms with Gasteiger partial charge in [-0.3, -0.25) is 0 Å². The molecule has 1 aromatic heterocycles. The molecule has 7 nitrogen and oxygen atoms in total. The summed E-state index contributed by atoms with van der Waals surface area (Å²) in [5.74, 6) is 0.154. The first kappa shape index (κ1) is 25.7. The second-order valence-electron chi connectivity index (χ2n) is 9.89. The summed E-state index contributed by atoms with van der Waals surface area (Å²) < 4.78 is 29.8. The Morgan fingerprint density at radius 3 is 2.58 bits per heavy atom. The molecule has 4 aromatic rings. The van der Waals surface area contributed by atoms with Crippen molar-refractivity contribution in [1.82, 2.24) is 14.3 Å². The molecule has 1 unspecified atom stereocenters. The number of nitrogens with zero attached hydrogens (tertiary/aromatic N) is 3. The molecule has 194 valence electrons. The highest BCUT2D eigenvalue weighted by atomic mass is 32.2. The van der Waals surface area contributed by atoms with Crippen LogP contribution in [0.2, 0.25) is 0 Å². The number of fused-ring (bicyclic) bond motifs is 1. The van der Waals surface area contributed by atoms with Gasteiger partial charge in [-0.15, -0.1) is 0 Å². The summed E-state index contributed by atoms with van der Waals surface area (Å²) in [5, 5.41) is 9.60. The summed E-state index contributed by atoms with van der Waals surface area (Å²) >= 11 is 0. The van der Waals surface area contributed by atoms with Crippen LogP contribution in [0.25, 0.3) is 0 Å². The first-order valence-corrected chi connectivity index (χ1v) is 14.3. The van der Waals surface area contributed by atoms with E-state index in [1.165, 1.54) is 0 Å². The number of nitrogens with one attached hydrogen (secondary N) is 1. The van der Waals surface area contributed by atoms with Crippen LogP contribution in [0.1, 0.15) is 53.1 Å². The molecule has 0 amide bonds. The van der Waals surface area contributed by atoms with E-state index in [1.807, 2.05) is 54.7 Å². The first-order valence-electron chi connectivity index (χ1n) is 12.9. The lowest BCUT2D eigenvalue weighted by Gasteiger charge is -2.31. The molecule has 2 heterocycles. The average Bonchev–Trinajstić information content (AvgIpc) is 3.39. The van der Waals surface area contributed by atoms with Gasteiger partial charge < -0.3 is 10.7 Å². The third-order valence-corrected chi connectivity index (χ3v) is 9.27. The summed E-state index contributed by atoms with van der Waals surface area (Å²) in [6.45, 7) is 0.214. The van der Waals surface area contributed by atoms with Gasteiger partial charge in [-0.1, -0.05) is 36.4 Å². The molecule has 0 saturated carbocycles. The van der Waals surface area contributed by atoms with Crippen LogP contribution in [0, 0.1) is 11.3 Å². The van der Waals surface area contributed by atoms with Gasteiger partial charge in [-0.2, -0.15) is 9.57 Å². The lowest BCUT2D eigenvalue weighted by Crippen LogP contribution is -2.40. The Hall–Kier alpha value is -3.93. The molecule has 2 atom stereocenters. The maximum Gasteiger partial charge on any atom is 0.243 e. The fourth-order valence-electron chi connectivity index (χ4n) is 5.44. The zero-order chi connectivity index (χ0) is 26.5. The lowest BCUT2D eigenvalue weighted by atomic mass is 9.85. The second kappa shape index (κ2) is 11.2. The molecule has 0 aliphatic carbocycles. The predicted octanol–water partition coefficient (Wildman–Crippen LogP) is 5.18. The minimum Gasteiger partial charge on any atom is -0.399 e. The van der Waals surface area contributed by atoms with E-state index in [9.17, 15) is 13.7 Å². The molecular formula is C30H31N5O2S. The van der Waals surface area contributed by atoms with Crippen molar-refractivity contribution in [3.05, 3.63) is 113 Å². The summed E-state index contributed by atoms with van der Waals surface area (Å²) in [6, 6.07) is 24.1. The molecule has 3 N–H and O–H groups in total. The minimum atomic E-state index is -3.83. The number of nitrogens with two attached hydrogens (primary N) is 1. The standard InChI is InChI=1S/C30H31N5O2S/c31-18-23-9-14-30-24(7-4-8-27-19-33-21-34-27)17-28(16-22-5-2-1-3-6-22)35(20-25(30)15-23)38(36,37)29-12-10-26(32)11-13-29/h1-3,5-6,9-15,19,21,24,28H,4,7-8,16-17,20,32H2,(H,33,34)/t24-,28?/m1/s1. The van der Waals surface area contributed by atoms with Crippen LogP contribution in [0.5, 0.6) is 0 Å². The number of aryl methyl sites for hydroxylation is 1. The predicted molar refractivity (Wildman–Crippen MR) is 148 cm³/mol. The number of aromatic amines is 1. The van der Waals surface area contributed by atoms with Gasteiger partial charge in [0.05, 0.1) is 22.9 Å². The number of H-pyrrole nitrogens is 1. The third kappa shape index (κ3) is 5.64. The highest BCUT2D eigenvalue weighted by Crippen LogP contribution is 2.39. The van der Waals surface area contributed by atoms with Crippen LogP contribution in [0.3, 0.4) is 0 Å². The fraction of sp³-hybridized carbons (Fsp3) is 0.267. The van der Waals surface area contributed by atoms with Crippen molar-refractivity contribution in [2.24, 2.45) is 0 Å². The third-order valence-electron chi connectivity index (χ3n) is 7.36. The molecule has 1 aliphatic heterocycles. The highest BCUT2D eigenvalue weighted by molar-refractivity contribution is 7.89. The van der Waals surface area contributed by atoms with Crippen molar-refractivity contribution in [3.8, 4) is 6.07 Å². The van der Waals surface area contributed by atoms with Gasteiger partial charge in [0.2, 0.25) is 10.0 Å². The number of sulfonamides is 1. The van der Waals surface area contributed by atoms with Crippen molar-refractivity contribution in [1.29, 1.82) is 5.26 Å². The van der Waals surface area contributed by atoms with Crippen molar-refractivity contribution >= 4 is 15.7 Å². The molecule has 1 aliphatic rings. The number of imidazole rings is 1. The summed E-state index contributed by atoms with van der Waals surface area (Å²) in [4.78, 5) is 7.51. The fourth-order valence-corrected chi connectivity index (χ4v) is 7.05. The van der Waals surface area contributed by atoms with Crippen LogP contribution in [-0.2, 0) is 29.4 Å².